The van der Waals surface area contributed by atoms with Crippen LogP contribution in [0.3, 0.4) is 0 Å². The van der Waals surface area contributed by atoms with Crippen molar-refractivity contribution in [3.8, 4) is 5.75 Å². The smallest absolute Gasteiger partial charge is 0.259 e. The van der Waals surface area contributed by atoms with Crippen LogP contribution in [0.5, 0.6) is 5.75 Å². The molecule has 0 spiro atoms. The van der Waals surface area contributed by atoms with Crippen LogP contribution in [0.4, 0.5) is 10.1 Å². The molecule has 0 bridgehead atoms. The van der Waals surface area contributed by atoms with E-state index in [1.165, 1.54) is 30.3 Å². The van der Waals surface area contributed by atoms with Gasteiger partial charge in [0.25, 0.3) is 5.91 Å². The number of anilines is 1. The molecular weight excluding hydrogens is 292 g/mol. The van der Waals surface area contributed by atoms with Gasteiger partial charge in [0.15, 0.2) is 0 Å². The minimum atomic E-state index is -0.632. The molecule has 2 rings (SSSR count). The van der Waals surface area contributed by atoms with Crippen molar-refractivity contribution in [1.82, 2.24) is 0 Å². The highest BCUT2D eigenvalue weighted by Crippen LogP contribution is 2.26. The standard InChI is InChI=1S/C13H8Cl2FNO2/c14-7-1-4-12(18)9(5-7)13(19)17-11-6-8(16)2-3-10(11)15/h1-6,18H,(H,17,19). The predicted octanol–water partition coefficient (Wildman–Crippen LogP) is 4.09. The highest BCUT2D eigenvalue weighted by Gasteiger charge is 2.13. The summed E-state index contributed by atoms with van der Waals surface area (Å²) in [5.74, 6) is -1.39. The Labute approximate surface area is 118 Å². The van der Waals surface area contributed by atoms with Gasteiger partial charge < -0.3 is 10.4 Å². The zero-order chi connectivity index (χ0) is 14.0. The van der Waals surface area contributed by atoms with Crippen molar-refractivity contribution in [2.24, 2.45) is 0 Å². The third-order valence-electron chi connectivity index (χ3n) is 2.38. The molecule has 1 amide bonds. The lowest BCUT2D eigenvalue weighted by atomic mass is 10.2. The number of nitrogens with one attached hydrogen (secondary N) is 1. The summed E-state index contributed by atoms with van der Waals surface area (Å²) in [4.78, 5) is 11.9. The number of phenols is 1. The lowest BCUT2D eigenvalue weighted by Crippen LogP contribution is -2.12. The highest BCUT2D eigenvalue weighted by atomic mass is 35.5. The van der Waals surface area contributed by atoms with E-state index < -0.39 is 11.7 Å². The molecule has 6 heteroatoms. The number of halogens is 3. The summed E-state index contributed by atoms with van der Waals surface area (Å²) in [6.45, 7) is 0. The second-order valence-corrected chi connectivity index (χ2v) is 4.58. The molecule has 0 atom stereocenters. The molecule has 3 nitrogen and oxygen atoms in total. The molecule has 0 saturated heterocycles. The Bertz CT molecular complexity index is 647. The third kappa shape index (κ3) is 3.16. The monoisotopic (exact) mass is 299 g/mol. The first kappa shape index (κ1) is 13.6. The van der Waals surface area contributed by atoms with Crippen LogP contribution in [0.25, 0.3) is 0 Å². The number of benzene rings is 2. The second kappa shape index (κ2) is 5.47. The molecule has 0 fully saturated rings. The van der Waals surface area contributed by atoms with Gasteiger partial charge in [0.05, 0.1) is 16.3 Å². The van der Waals surface area contributed by atoms with Crippen LogP contribution in [0.2, 0.25) is 10.0 Å². The summed E-state index contributed by atoms with van der Waals surface area (Å²) >= 11 is 11.6. The lowest BCUT2D eigenvalue weighted by molar-refractivity contribution is 0.102. The lowest BCUT2D eigenvalue weighted by Gasteiger charge is -2.08. The Morgan fingerprint density at radius 3 is 2.63 bits per heavy atom. The Hall–Kier alpha value is -1.78. The van der Waals surface area contributed by atoms with Crippen LogP contribution in [-0.4, -0.2) is 11.0 Å². The van der Waals surface area contributed by atoms with Crippen molar-refractivity contribution in [3.05, 3.63) is 57.8 Å². The number of phenolic OH excluding ortho intramolecular Hbond substituents is 1. The van der Waals surface area contributed by atoms with Crippen LogP contribution in [0.1, 0.15) is 10.4 Å². The van der Waals surface area contributed by atoms with E-state index >= 15 is 0 Å². The number of rotatable bonds is 2. The maximum Gasteiger partial charge on any atom is 0.259 e. The molecular formula is C13H8Cl2FNO2. The Balaban J connectivity index is 2.30. The molecule has 2 aromatic carbocycles. The average molecular weight is 300 g/mol. The highest BCUT2D eigenvalue weighted by molar-refractivity contribution is 6.34. The molecule has 0 aliphatic heterocycles. The van der Waals surface area contributed by atoms with E-state index in [1.807, 2.05) is 0 Å². The summed E-state index contributed by atoms with van der Waals surface area (Å²) in [5, 5.41) is 12.5. The fraction of sp³-hybridized carbons (Fsp3) is 0. The predicted molar refractivity (Wildman–Crippen MR) is 72.5 cm³/mol. The van der Waals surface area contributed by atoms with E-state index in [-0.39, 0.29) is 22.0 Å². The number of hydrogen-bond acceptors (Lipinski definition) is 2. The SMILES string of the molecule is O=C(Nc1cc(F)ccc1Cl)c1cc(Cl)ccc1O. The maximum atomic E-state index is 13.1. The molecule has 0 unspecified atom stereocenters. The number of amides is 1. The first-order valence-electron chi connectivity index (χ1n) is 5.22. The fourth-order valence-electron chi connectivity index (χ4n) is 1.47. The van der Waals surface area contributed by atoms with Crippen molar-refractivity contribution in [1.29, 1.82) is 0 Å². The minimum absolute atomic E-state index is 0.0205. The van der Waals surface area contributed by atoms with Crippen LogP contribution >= 0.6 is 23.2 Å². The van der Waals surface area contributed by atoms with E-state index in [0.29, 0.717) is 5.02 Å². The van der Waals surface area contributed by atoms with Gasteiger partial charge in [-0.1, -0.05) is 23.2 Å². The summed E-state index contributed by atoms with van der Waals surface area (Å²) in [5.41, 5.74) is 0.0962. The van der Waals surface area contributed by atoms with Crippen molar-refractivity contribution in [3.63, 3.8) is 0 Å². The van der Waals surface area contributed by atoms with Gasteiger partial charge in [-0.05, 0) is 36.4 Å². The fourth-order valence-corrected chi connectivity index (χ4v) is 1.81. The first-order chi connectivity index (χ1) is 8.97. The second-order valence-electron chi connectivity index (χ2n) is 3.74. The Morgan fingerprint density at radius 2 is 1.89 bits per heavy atom. The van der Waals surface area contributed by atoms with Crippen LogP contribution < -0.4 is 5.32 Å². The van der Waals surface area contributed by atoms with E-state index in [9.17, 15) is 14.3 Å². The number of hydrogen-bond donors (Lipinski definition) is 2. The van der Waals surface area contributed by atoms with Crippen molar-refractivity contribution >= 4 is 34.8 Å². The molecule has 0 radical (unpaired) electrons. The van der Waals surface area contributed by atoms with Gasteiger partial charge >= 0.3 is 0 Å². The molecule has 0 aromatic heterocycles. The first-order valence-corrected chi connectivity index (χ1v) is 5.98. The van der Waals surface area contributed by atoms with Crippen molar-refractivity contribution in [2.45, 2.75) is 0 Å². The van der Waals surface area contributed by atoms with Gasteiger partial charge in [-0.2, -0.15) is 0 Å². The van der Waals surface area contributed by atoms with E-state index in [2.05, 4.69) is 5.32 Å². The Kier molecular flexibility index (Phi) is 3.93. The number of aromatic hydroxyl groups is 1. The molecule has 2 N–H and O–H groups in total. The van der Waals surface area contributed by atoms with Gasteiger partial charge in [-0.3, -0.25) is 4.79 Å². The summed E-state index contributed by atoms with van der Waals surface area (Å²) in [7, 11) is 0. The topological polar surface area (TPSA) is 49.3 Å². The van der Waals surface area contributed by atoms with Crippen molar-refractivity contribution < 1.29 is 14.3 Å². The Morgan fingerprint density at radius 1 is 1.16 bits per heavy atom. The minimum Gasteiger partial charge on any atom is -0.507 e. The van der Waals surface area contributed by atoms with Gasteiger partial charge in [-0.15, -0.1) is 0 Å². The maximum absolute atomic E-state index is 13.1. The van der Waals surface area contributed by atoms with Gasteiger partial charge in [0.1, 0.15) is 11.6 Å². The molecule has 0 saturated carbocycles. The molecule has 0 aliphatic carbocycles. The molecule has 2 aromatic rings. The molecule has 19 heavy (non-hydrogen) atoms. The largest absolute Gasteiger partial charge is 0.507 e. The summed E-state index contributed by atoms with van der Waals surface area (Å²) in [6, 6.07) is 7.63. The van der Waals surface area contributed by atoms with Crippen LogP contribution in [0.15, 0.2) is 36.4 Å². The number of carbonyl (C=O) groups is 1. The average Bonchev–Trinajstić information content (AvgIpc) is 2.36. The normalized spacial score (nSPS) is 10.3. The zero-order valence-electron chi connectivity index (χ0n) is 9.45. The number of carbonyl (C=O) groups excluding carboxylic acids is 1. The van der Waals surface area contributed by atoms with Gasteiger partial charge in [0, 0.05) is 5.02 Å². The van der Waals surface area contributed by atoms with E-state index in [0.717, 1.165) is 6.07 Å². The quantitative estimate of drug-likeness (QED) is 0.877. The van der Waals surface area contributed by atoms with Crippen LogP contribution in [0, 0.1) is 5.82 Å². The molecule has 0 heterocycles. The molecule has 0 aliphatic rings. The van der Waals surface area contributed by atoms with Gasteiger partial charge in [-0.25, -0.2) is 4.39 Å². The van der Waals surface area contributed by atoms with Gasteiger partial charge in [0.2, 0.25) is 0 Å². The zero-order valence-corrected chi connectivity index (χ0v) is 11.0. The summed E-state index contributed by atoms with van der Waals surface area (Å²) < 4.78 is 13.1. The van der Waals surface area contributed by atoms with Crippen LogP contribution in [-0.2, 0) is 0 Å². The third-order valence-corrected chi connectivity index (χ3v) is 2.94. The molecule has 98 valence electrons. The van der Waals surface area contributed by atoms with Crippen molar-refractivity contribution in [2.75, 3.05) is 5.32 Å². The summed E-state index contributed by atoms with van der Waals surface area (Å²) in [6.07, 6.45) is 0. The van der Waals surface area contributed by atoms with E-state index in [1.54, 1.807) is 0 Å². The van der Waals surface area contributed by atoms with E-state index in [4.69, 9.17) is 23.2 Å².